The molecule has 0 saturated heterocycles. The second-order valence-corrected chi connectivity index (χ2v) is 5.72. The minimum absolute atomic E-state index is 0.274. The van der Waals surface area contributed by atoms with Gasteiger partial charge in [-0.3, -0.25) is 0 Å². The lowest BCUT2D eigenvalue weighted by molar-refractivity contribution is 0.282. The summed E-state index contributed by atoms with van der Waals surface area (Å²) in [6.45, 7) is 4.70. The summed E-state index contributed by atoms with van der Waals surface area (Å²) in [6, 6.07) is 3.90. The molecular formula is C16H26BrNO3. The van der Waals surface area contributed by atoms with Gasteiger partial charge in [0, 0.05) is 23.2 Å². The van der Waals surface area contributed by atoms with E-state index >= 15 is 0 Å². The van der Waals surface area contributed by atoms with Gasteiger partial charge >= 0.3 is 0 Å². The molecule has 0 bridgehead atoms. The van der Waals surface area contributed by atoms with E-state index in [2.05, 4.69) is 28.2 Å². The first-order chi connectivity index (χ1) is 10.2. The number of aliphatic hydroxyl groups excluding tert-OH is 1. The van der Waals surface area contributed by atoms with Gasteiger partial charge in [0.1, 0.15) is 0 Å². The summed E-state index contributed by atoms with van der Waals surface area (Å²) in [4.78, 5) is 0. The average Bonchev–Trinajstić information content (AvgIpc) is 2.50. The van der Waals surface area contributed by atoms with Crippen molar-refractivity contribution in [3.05, 3.63) is 22.2 Å². The Morgan fingerprint density at radius 2 is 2.05 bits per heavy atom. The summed E-state index contributed by atoms with van der Waals surface area (Å²) < 4.78 is 12.3. The predicted octanol–water partition coefficient (Wildman–Crippen LogP) is 3.50. The number of hydrogen-bond donors (Lipinski definition) is 2. The van der Waals surface area contributed by atoms with Crippen LogP contribution in [0.2, 0.25) is 0 Å². The second-order valence-electron chi connectivity index (χ2n) is 4.87. The normalized spacial score (nSPS) is 10.7. The molecular weight excluding hydrogens is 334 g/mol. The molecule has 0 spiro atoms. The number of rotatable bonds is 11. The first-order valence-electron chi connectivity index (χ1n) is 7.54. The fraction of sp³-hybridized carbons (Fsp3) is 0.625. The molecule has 0 aromatic heterocycles. The molecule has 1 aromatic carbocycles. The van der Waals surface area contributed by atoms with Crippen molar-refractivity contribution in [1.82, 2.24) is 5.32 Å². The first-order valence-corrected chi connectivity index (χ1v) is 8.33. The molecule has 0 atom stereocenters. The highest BCUT2D eigenvalue weighted by atomic mass is 79.9. The van der Waals surface area contributed by atoms with Gasteiger partial charge in [-0.1, -0.05) is 22.9 Å². The van der Waals surface area contributed by atoms with Crippen LogP contribution in [0.1, 0.15) is 38.2 Å². The maximum absolute atomic E-state index is 8.76. The Kier molecular flexibility index (Phi) is 9.46. The topological polar surface area (TPSA) is 50.7 Å². The van der Waals surface area contributed by atoms with E-state index in [0.29, 0.717) is 6.61 Å². The second kappa shape index (κ2) is 10.9. The summed E-state index contributed by atoms with van der Waals surface area (Å²) in [5.74, 6) is 1.58. The monoisotopic (exact) mass is 359 g/mol. The standard InChI is InChI=1S/C16H26BrNO3/c1-3-11-21-16-13(12-18-9-5-4-6-10-19)14(17)7-8-15(16)20-2/h7-8,18-19H,3-6,9-12H2,1-2H3. The lowest BCUT2D eigenvalue weighted by Crippen LogP contribution is -2.16. The van der Waals surface area contributed by atoms with Crippen LogP contribution < -0.4 is 14.8 Å². The molecule has 5 heteroatoms. The zero-order valence-electron chi connectivity index (χ0n) is 13.0. The molecule has 120 valence electrons. The number of unbranched alkanes of at least 4 members (excludes halogenated alkanes) is 2. The fourth-order valence-electron chi connectivity index (χ4n) is 2.02. The van der Waals surface area contributed by atoms with Crippen LogP contribution in [0.25, 0.3) is 0 Å². The Morgan fingerprint density at radius 3 is 2.71 bits per heavy atom. The molecule has 2 N–H and O–H groups in total. The van der Waals surface area contributed by atoms with Crippen molar-refractivity contribution in [1.29, 1.82) is 0 Å². The Balaban J connectivity index is 2.65. The molecule has 0 aliphatic rings. The van der Waals surface area contributed by atoms with Crippen molar-refractivity contribution in [2.24, 2.45) is 0 Å². The van der Waals surface area contributed by atoms with Crippen molar-refractivity contribution in [2.45, 2.75) is 39.2 Å². The smallest absolute Gasteiger partial charge is 0.166 e. The van der Waals surface area contributed by atoms with E-state index in [0.717, 1.165) is 60.3 Å². The van der Waals surface area contributed by atoms with Crippen molar-refractivity contribution in [3.63, 3.8) is 0 Å². The summed E-state index contributed by atoms with van der Waals surface area (Å²) in [5.41, 5.74) is 1.09. The van der Waals surface area contributed by atoms with Crippen molar-refractivity contribution in [3.8, 4) is 11.5 Å². The maximum atomic E-state index is 8.76. The Labute approximate surface area is 136 Å². The van der Waals surface area contributed by atoms with E-state index in [9.17, 15) is 0 Å². The van der Waals surface area contributed by atoms with Crippen LogP contribution in [0.15, 0.2) is 16.6 Å². The van der Waals surface area contributed by atoms with Crippen molar-refractivity contribution < 1.29 is 14.6 Å². The minimum Gasteiger partial charge on any atom is -0.493 e. The van der Waals surface area contributed by atoms with Gasteiger partial charge in [-0.05, 0) is 44.4 Å². The van der Waals surface area contributed by atoms with E-state index < -0.39 is 0 Å². The van der Waals surface area contributed by atoms with E-state index in [-0.39, 0.29) is 6.61 Å². The van der Waals surface area contributed by atoms with Gasteiger partial charge in [0.25, 0.3) is 0 Å². The molecule has 0 fully saturated rings. The van der Waals surface area contributed by atoms with E-state index in [1.54, 1.807) is 7.11 Å². The molecule has 0 radical (unpaired) electrons. The minimum atomic E-state index is 0.274. The fourth-order valence-corrected chi connectivity index (χ4v) is 2.47. The third kappa shape index (κ3) is 6.24. The predicted molar refractivity (Wildman–Crippen MR) is 89.1 cm³/mol. The van der Waals surface area contributed by atoms with Crippen LogP contribution in [0, 0.1) is 0 Å². The summed E-state index contributed by atoms with van der Waals surface area (Å²) >= 11 is 3.59. The zero-order valence-corrected chi connectivity index (χ0v) is 14.5. The number of hydrogen-bond acceptors (Lipinski definition) is 4. The van der Waals surface area contributed by atoms with Crippen LogP contribution in [0.4, 0.5) is 0 Å². The highest BCUT2D eigenvalue weighted by molar-refractivity contribution is 9.10. The molecule has 1 rings (SSSR count). The van der Waals surface area contributed by atoms with Crippen LogP contribution in [0.3, 0.4) is 0 Å². The number of benzene rings is 1. The molecule has 0 unspecified atom stereocenters. The van der Waals surface area contributed by atoms with Gasteiger partial charge < -0.3 is 19.9 Å². The molecule has 21 heavy (non-hydrogen) atoms. The van der Waals surface area contributed by atoms with Crippen molar-refractivity contribution in [2.75, 3.05) is 26.9 Å². The SMILES string of the molecule is CCCOc1c(OC)ccc(Br)c1CNCCCCCO. The Hall–Kier alpha value is -0.780. The Morgan fingerprint density at radius 1 is 1.24 bits per heavy atom. The quantitative estimate of drug-likeness (QED) is 0.593. The Bertz CT molecular complexity index is 413. The third-order valence-electron chi connectivity index (χ3n) is 3.15. The molecule has 4 nitrogen and oxygen atoms in total. The average molecular weight is 360 g/mol. The molecule has 1 aromatic rings. The number of ether oxygens (including phenoxy) is 2. The van der Waals surface area contributed by atoms with Crippen LogP contribution >= 0.6 is 15.9 Å². The van der Waals surface area contributed by atoms with Gasteiger partial charge in [0.15, 0.2) is 11.5 Å². The zero-order chi connectivity index (χ0) is 15.5. The molecule has 0 aliphatic heterocycles. The summed E-state index contributed by atoms with van der Waals surface area (Å²) in [5, 5.41) is 12.2. The molecule has 0 heterocycles. The van der Waals surface area contributed by atoms with Crippen LogP contribution in [-0.2, 0) is 6.54 Å². The third-order valence-corrected chi connectivity index (χ3v) is 3.89. The first kappa shape index (κ1) is 18.3. The molecule has 0 aliphatic carbocycles. The van der Waals surface area contributed by atoms with Crippen molar-refractivity contribution >= 4 is 15.9 Å². The molecule has 0 amide bonds. The summed E-state index contributed by atoms with van der Waals surface area (Å²) in [7, 11) is 1.66. The van der Waals surface area contributed by atoms with Crippen LogP contribution in [-0.4, -0.2) is 32.0 Å². The maximum Gasteiger partial charge on any atom is 0.166 e. The summed E-state index contributed by atoms with van der Waals surface area (Å²) in [6.07, 6.45) is 3.94. The lowest BCUT2D eigenvalue weighted by atomic mass is 10.1. The highest BCUT2D eigenvalue weighted by Crippen LogP contribution is 2.36. The van der Waals surface area contributed by atoms with Gasteiger partial charge in [0.2, 0.25) is 0 Å². The van der Waals surface area contributed by atoms with Gasteiger partial charge in [0.05, 0.1) is 13.7 Å². The van der Waals surface area contributed by atoms with Gasteiger partial charge in [-0.25, -0.2) is 0 Å². The number of halogens is 1. The van der Waals surface area contributed by atoms with E-state index in [1.165, 1.54) is 0 Å². The van der Waals surface area contributed by atoms with E-state index in [1.807, 2.05) is 12.1 Å². The molecule has 0 saturated carbocycles. The van der Waals surface area contributed by atoms with Gasteiger partial charge in [-0.2, -0.15) is 0 Å². The van der Waals surface area contributed by atoms with Crippen LogP contribution in [0.5, 0.6) is 11.5 Å². The number of methoxy groups -OCH3 is 1. The van der Waals surface area contributed by atoms with Gasteiger partial charge in [-0.15, -0.1) is 0 Å². The number of aliphatic hydroxyl groups is 1. The lowest BCUT2D eigenvalue weighted by Gasteiger charge is -2.17. The van der Waals surface area contributed by atoms with E-state index in [4.69, 9.17) is 14.6 Å². The number of nitrogens with one attached hydrogen (secondary N) is 1. The largest absolute Gasteiger partial charge is 0.493 e. The highest BCUT2D eigenvalue weighted by Gasteiger charge is 2.14.